The first-order chi connectivity index (χ1) is 9.11. The summed E-state index contributed by atoms with van der Waals surface area (Å²) in [5, 5.41) is 13.8. The maximum absolute atomic E-state index is 10.6. The smallest absolute Gasteiger partial charge is 0.270 e. The monoisotopic (exact) mass is 324 g/mol. The first-order valence-corrected chi connectivity index (χ1v) is 6.59. The number of benzene rings is 1. The predicted octanol–water partition coefficient (Wildman–Crippen LogP) is 3.19. The lowest BCUT2D eigenvalue weighted by atomic mass is 10.3. The van der Waals surface area contributed by atoms with E-state index >= 15 is 0 Å². The molecule has 0 saturated heterocycles. The maximum Gasteiger partial charge on any atom is 0.270 e. The van der Waals surface area contributed by atoms with Gasteiger partial charge >= 0.3 is 0 Å². The minimum atomic E-state index is -0.418. The molecule has 19 heavy (non-hydrogen) atoms. The lowest BCUT2D eigenvalue weighted by molar-refractivity contribution is -0.384. The lowest BCUT2D eigenvalue weighted by Gasteiger charge is -2.09. The number of rotatable bonds is 5. The molecule has 0 aliphatic carbocycles. The third-order valence-corrected chi connectivity index (χ3v) is 3.40. The van der Waals surface area contributed by atoms with Crippen LogP contribution in [0.4, 0.5) is 11.4 Å². The minimum Gasteiger partial charge on any atom is -0.377 e. The Bertz CT molecular complexity index is 597. The van der Waals surface area contributed by atoms with Crippen LogP contribution >= 0.6 is 15.9 Å². The van der Waals surface area contributed by atoms with Crippen LogP contribution in [0.1, 0.15) is 12.7 Å². The molecule has 0 atom stereocenters. The molecular weight excluding hydrogens is 312 g/mol. The molecule has 0 saturated carbocycles. The fourth-order valence-electron chi connectivity index (χ4n) is 1.73. The molecule has 0 aliphatic rings. The summed E-state index contributed by atoms with van der Waals surface area (Å²) in [5.74, 6) is 0.924. The Morgan fingerprint density at radius 3 is 2.95 bits per heavy atom. The van der Waals surface area contributed by atoms with Gasteiger partial charge in [-0.05, 0) is 28.9 Å². The standard InChI is InChI=1S/C12H13BrN4O2/c1-2-16-6-5-14-12(16)8-15-11-4-3-9(17(18)19)7-10(11)13/h3-7,15H,2,8H2,1H3. The van der Waals surface area contributed by atoms with Gasteiger partial charge in [0.25, 0.3) is 5.69 Å². The molecular formula is C12H13BrN4O2. The lowest BCUT2D eigenvalue weighted by Crippen LogP contribution is -2.07. The fourth-order valence-corrected chi connectivity index (χ4v) is 2.24. The van der Waals surface area contributed by atoms with Gasteiger partial charge in [0.1, 0.15) is 5.82 Å². The average Bonchev–Trinajstić information content (AvgIpc) is 2.84. The second-order valence-corrected chi connectivity index (χ2v) is 4.76. The number of nitro groups is 1. The van der Waals surface area contributed by atoms with Crippen molar-refractivity contribution in [3.63, 3.8) is 0 Å². The van der Waals surface area contributed by atoms with Crippen LogP contribution in [0.25, 0.3) is 0 Å². The number of hydrogen-bond acceptors (Lipinski definition) is 4. The molecule has 0 spiro atoms. The van der Waals surface area contributed by atoms with Crippen molar-refractivity contribution >= 4 is 27.3 Å². The van der Waals surface area contributed by atoms with Gasteiger partial charge in [0.15, 0.2) is 0 Å². The van der Waals surface area contributed by atoms with Crippen molar-refractivity contribution in [1.82, 2.24) is 9.55 Å². The number of nitrogens with zero attached hydrogens (tertiary/aromatic N) is 3. The Morgan fingerprint density at radius 2 is 2.32 bits per heavy atom. The Kier molecular flexibility index (Phi) is 4.16. The summed E-state index contributed by atoms with van der Waals surface area (Å²) >= 11 is 3.32. The van der Waals surface area contributed by atoms with Gasteiger partial charge in [0.05, 0.1) is 11.5 Å². The molecule has 0 unspecified atom stereocenters. The second-order valence-electron chi connectivity index (χ2n) is 3.90. The quantitative estimate of drug-likeness (QED) is 0.677. The molecule has 0 radical (unpaired) electrons. The number of non-ortho nitro benzene ring substituents is 1. The van der Waals surface area contributed by atoms with Crippen LogP contribution in [-0.4, -0.2) is 14.5 Å². The van der Waals surface area contributed by atoms with Crippen LogP contribution in [0.2, 0.25) is 0 Å². The third-order valence-electron chi connectivity index (χ3n) is 2.74. The van der Waals surface area contributed by atoms with Crippen LogP contribution in [0.15, 0.2) is 35.1 Å². The van der Waals surface area contributed by atoms with Gasteiger partial charge in [-0.2, -0.15) is 0 Å². The van der Waals surface area contributed by atoms with E-state index in [1.165, 1.54) is 12.1 Å². The summed E-state index contributed by atoms with van der Waals surface area (Å²) in [6.07, 6.45) is 3.67. The van der Waals surface area contributed by atoms with Gasteiger partial charge in [-0.15, -0.1) is 0 Å². The summed E-state index contributed by atoms with van der Waals surface area (Å²) in [7, 11) is 0. The van der Waals surface area contributed by atoms with E-state index in [-0.39, 0.29) is 5.69 Å². The van der Waals surface area contributed by atoms with Crippen molar-refractivity contribution in [2.45, 2.75) is 20.0 Å². The van der Waals surface area contributed by atoms with E-state index in [1.54, 1.807) is 12.3 Å². The van der Waals surface area contributed by atoms with Crippen molar-refractivity contribution in [2.75, 3.05) is 5.32 Å². The molecule has 7 heteroatoms. The zero-order valence-electron chi connectivity index (χ0n) is 10.3. The van der Waals surface area contributed by atoms with Gasteiger partial charge < -0.3 is 9.88 Å². The highest BCUT2D eigenvalue weighted by molar-refractivity contribution is 9.10. The Labute approximate surface area is 118 Å². The van der Waals surface area contributed by atoms with Crippen molar-refractivity contribution in [2.24, 2.45) is 0 Å². The summed E-state index contributed by atoms with van der Waals surface area (Å²) in [4.78, 5) is 14.5. The molecule has 0 bridgehead atoms. The van der Waals surface area contributed by atoms with E-state index < -0.39 is 4.92 Å². The SMILES string of the molecule is CCn1ccnc1CNc1ccc([N+](=O)[O-])cc1Br. The number of imidazole rings is 1. The largest absolute Gasteiger partial charge is 0.377 e. The number of aromatic nitrogens is 2. The van der Waals surface area contributed by atoms with Crippen molar-refractivity contribution in [1.29, 1.82) is 0 Å². The van der Waals surface area contributed by atoms with E-state index in [2.05, 4.69) is 26.2 Å². The molecule has 100 valence electrons. The number of nitrogens with one attached hydrogen (secondary N) is 1. The molecule has 6 nitrogen and oxygen atoms in total. The van der Waals surface area contributed by atoms with Gasteiger partial charge in [-0.1, -0.05) is 0 Å². The molecule has 0 amide bonds. The third kappa shape index (κ3) is 3.11. The number of hydrogen-bond donors (Lipinski definition) is 1. The first kappa shape index (κ1) is 13.5. The fraction of sp³-hybridized carbons (Fsp3) is 0.250. The van der Waals surface area contributed by atoms with Gasteiger partial charge in [-0.25, -0.2) is 4.98 Å². The van der Waals surface area contributed by atoms with Gasteiger partial charge in [0.2, 0.25) is 0 Å². The average molecular weight is 325 g/mol. The van der Waals surface area contributed by atoms with E-state index in [1.807, 2.05) is 17.7 Å². The van der Waals surface area contributed by atoms with Crippen molar-refractivity contribution < 1.29 is 4.92 Å². The molecule has 1 aromatic heterocycles. The number of halogens is 1. The molecule has 2 aromatic rings. The summed E-state index contributed by atoms with van der Waals surface area (Å²) < 4.78 is 2.70. The Balaban J connectivity index is 2.10. The normalized spacial score (nSPS) is 10.4. The molecule has 1 heterocycles. The maximum atomic E-state index is 10.6. The minimum absolute atomic E-state index is 0.0625. The van der Waals surface area contributed by atoms with Crippen molar-refractivity contribution in [3.8, 4) is 0 Å². The van der Waals surface area contributed by atoms with Crippen LogP contribution in [0.3, 0.4) is 0 Å². The van der Waals surface area contributed by atoms with Crippen LogP contribution < -0.4 is 5.32 Å². The van der Waals surface area contributed by atoms with Crippen LogP contribution in [0.5, 0.6) is 0 Å². The van der Waals surface area contributed by atoms with E-state index in [0.29, 0.717) is 11.0 Å². The van der Waals surface area contributed by atoms with Gasteiger partial charge in [0, 0.05) is 41.2 Å². The van der Waals surface area contributed by atoms with E-state index in [0.717, 1.165) is 18.1 Å². The highest BCUT2D eigenvalue weighted by Gasteiger charge is 2.09. The van der Waals surface area contributed by atoms with E-state index in [4.69, 9.17) is 0 Å². The molecule has 2 rings (SSSR count). The predicted molar refractivity (Wildman–Crippen MR) is 76.0 cm³/mol. The number of aryl methyl sites for hydroxylation is 1. The zero-order chi connectivity index (χ0) is 13.8. The van der Waals surface area contributed by atoms with E-state index in [9.17, 15) is 10.1 Å². The summed E-state index contributed by atoms with van der Waals surface area (Å²) in [6, 6.07) is 4.63. The number of anilines is 1. The zero-order valence-corrected chi connectivity index (χ0v) is 11.9. The first-order valence-electron chi connectivity index (χ1n) is 5.79. The summed E-state index contributed by atoms with van der Waals surface area (Å²) in [6.45, 7) is 3.47. The van der Waals surface area contributed by atoms with Gasteiger partial charge in [-0.3, -0.25) is 10.1 Å². The topological polar surface area (TPSA) is 73.0 Å². The summed E-state index contributed by atoms with van der Waals surface area (Å²) in [5.41, 5.74) is 0.865. The highest BCUT2D eigenvalue weighted by Crippen LogP contribution is 2.27. The van der Waals surface area contributed by atoms with Crippen LogP contribution in [-0.2, 0) is 13.1 Å². The second kappa shape index (κ2) is 5.83. The number of nitro benzene ring substituents is 1. The molecule has 0 fully saturated rings. The highest BCUT2D eigenvalue weighted by atomic mass is 79.9. The molecule has 1 N–H and O–H groups in total. The van der Waals surface area contributed by atoms with Crippen molar-refractivity contribution in [3.05, 3.63) is 51.0 Å². The van der Waals surface area contributed by atoms with Crippen LogP contribution in [0, 0.1) is 10.1 Å². The molecule has 0 aliphatic heterocycles. The Morgan fingerprint density at radius 1 is 1.53 bits per heavy atom. The molecule has 1 aromatic carbocycles. The Hall–Kier alpha value is -1.89.